The molecule has 0 amide bonds. The van der Waals surface area contributed by atoms with Gasteiger partial charge in [0.05, 0.1) is 23.8 Å². The Balaban J connectivity index is 2.78. The second kappa shape index (κ2) is 5.64. The summed E-state index contributed by atoms with van der Waals surface area (Å²) in [4.78, 5) is 11.7. The van der Waals surface area contributed by atoms with Gasteiger partial charge in [0.2, 0.25) is 0 Å². The third kappa shape index (κ3) is 3.29. The molecule has 1 rings (SSSR count). The van der Waals surface area contributed by atoms with Crippen molar-refractivity contribution in [2.45, 2.75) is 31.8 Å². The predicted molar refractivity (Wildman–Crippen MR) is 68.7 cm³/mol. The summed E-state index contributed by atoms with van der Waals surface area (Å²) in [6.07, 6.45) is 4.22. The van der Waals surface area contributed by atoms with E-state index in [0.29, 0.717) is 6.42 Å². The lowest BCUT2D eigenvalue weighted by atomic mass is 9.94. The van der Waals surface area contributed by atoms with E-state index < -0.39 is 5.54 Å². The highest BCUT2D eigenvalue weighted by molar-refractivity contribution is 9.10. The molecule has 1 N–H and O–H groups in total. The van der Waals surface area contributed by atoms with E-state index >= 15 is 0 Å². The number of esters is 1. The highest BCUT2D eigenvalue weighted by Gasteiger charge is 2.34. The van der Waals surface area contributed by atoms with Crippen LogP contribution in [0, 0.1) is 0 Å². The van der Waals surface area contributed by atoms with E-state index in [9.17, 15) is 4.79 Å². The quantitative estimate of drug-likeness (QED) is 0.842. The molecule has 0 aliphatic carbocycles. The fourth-order valence-corrected chi connectivity index (χ4v) is 2.05. The lowest BCUT2D eigenvalue weighted by Gasteiger charge is -2.29. The van der Waals surface area contributed by atoms with Gasteiger partial charge in [-0.15, -0.1) is 0 Å². The molecule has 5 nitrogen and oxygen atoms in total. The molecule has 1 aromatic rings. The second-order valence-corrected chi connectivity index (χ2v) is 5.18. The van der Waals surface area contributed by atoms with Crippen LogP contribution >= 0.6 is 15.9 Å². The molecule has 6 heteroatoms. The molecule has 0 saturated carbocycles. The number of rotatable bonds is 5. The second-order valence-electron chi connectivity index (χ2n) is 4.27. The van der Waals surface area contributed by atoms with Crippen LogP contribution in [0.5, 0.6) is 0 Å². The van der Waals surface area contributed by atoms with Crippen molar-refractivity contribution >= 4 is 21.9 Å². The van der Waals surface area contributed by atoms with Gasteiger partial charge in [-0.1, -0.05) is 0 Å². The summed E-state index contributed by atoms with van der Waals surface area (Å²) in [6, 6.07) is 0.0952. The Labute approximate surface area is 110 Å². The van der Waals surface area contributed by atoms with Gasteiger partial charge in [-0.05, 0) is 43.2 Å². The maximum Gasteiger partial charge on any atom is 0.325 e. The summed E-state index contributed by atoms with van der Waals surface area (Å²) < 4.78 is 7.55. The number of nitrogens with one attached hydrogen (secondary N) is 1. The third-order valence-electron chi connectivity index (χ3n) is 2.91. The molecule has 0 aliphatic heterocycles. The summed E-state index contributed by atoms with van der Waals surface area (Å²) >= 11 is 3.35. The first kappa shape index (κ1) is 14.2. The number of ether oxygens (including phenoxy) is 1. The molecule has 0 fully saturated rings. The molecule has 0 aromatic carbocycles. The Bertz CT molecular complexity index is 394. The molecule has 0 aliphatic rings. The van der Waals surface area contributed by atoms with Crippen LogP contribution in [0.3, 0.4) is 0 Å². The fraction of sp³-hybridized carbons (Fsp3) is 0.636. The zero-order valence-electron chi connectivity index (χ0n) is 10.5. The SMILES string of the molecule is CNC(C)(CC(C)n1cc(Br)cn1)C(=O)OC. The van der Waals surface area contributed by atoms with Crippen molar-refractivity contribution in [1.82, 2.24) is 15.1 Å². The monoisotopic (exact) mass is 303 g/mol. The molecule has 2 unspecified atom stereocenters. The lowest BCUT2D eigenvalue weighted by molar-refractivity contribution is -0.148. The largest absolute Gasteiger partial charge is 0.468 e. The van der Waals surface area contributed by atoms with Crippen LogP contribution in [-0.4, -0.2) is 35.4 Å². The average Bonchev–Trinajstić information content (AvgIpc) is 2.74. The van der Waals surface area contributed by atoms with Crippen molar-refractivity contribution in [1.29, 1.82) is 0 Å². The van der Waals surface area contributed by atoms with Crippen LogP contribution in [0.15, 0.2) is 16.9 Å². The van der Waals surface area contributed by atoms with Crippen LogP contribution in [0.1, 0.15) is 26.3 Å². The van der Waals surface area contributed by atoms with Gasteiger partial charge < -0.3 is 10.1 Å². The van der Waals surface area contributed by atoms with Gasteiger partial charge in [-0.25, -0.2) is 0 Å². The van der Waals surface area contributed by atoms with Crippen LogP contribution in [0.25, 0.3) is 0 Å². The highest BCUT2D eigenvalue weighted by Crippen LogP contribution is 2.22. The van der Waals surface area contributed by atoms with Gasteiger partial charge >= 0.3 is 5.97 Å². The van der Waals surface area contributed by atoms with Crippen LogP contribution in [0.2, 0.25) is 0 Å². The molecular formula is C11H18BrN3O2. The average molecular weight is 304 g/mol. The minimum absolute atomic E-state index is 0.0952. The number of carbonyl (C=O) groups is 1. The van der Waals surface area contributed by atoms with E-state index in [-0.39, 0.29) is 12.0 Å². The zero-order valence-corrected chi connectivity index (χ0v) is 12.1. The minimum atomic E-state index is -0.702. The molecule has 1 heterocycles. The van der Waals surface area contributed by atoms with E-state index in [1.807, 2.05) is 24.7 Å². The number of hydrogen-bond acceptors (Lipinski definition) is 4. The predicted octanol–water partition coefficient (Wildman–Crippen LogP) is 1.75. The first-order chi connectivity index (χ1) is 7.92. The Hall–Kier alpha value is -0.880. The van der Waals surface area contributed by atoms with Crippen molar-refractivity contribution in [2.24, 2.45) is 0 Å². The Morgan fingerprint density at radius 1 is 1.76 bits per heavy atom. The number of methoxy groups -OCH3 is 1. The maximum atomic E-state index is 11.7. The molecule has 0 radical (unpaired) electrons. The topological polar surface area (TPSA) is 56.2 Å². The molecule has 0 bridgehead atoms. The van der Waals surface area contributed by atoms with Gasteiger partial charge in [-0.2, -0.15) is 5.10 Å². The van der Waals surface area contributed by atoms with E-state index in [1.54, 1.807) is 13.2 Å². The number of carbonyl (C=O) groups excluding carboxylic acids is 1. The molecule has 1 aromatic heterocycles. The minimum Gasteiger partial charge on any atom is -0.468 e. The number of hydrogen-bond donors (Lipinski definition) is 1. The van der Waals surface area contributed by atoms with E-state index in [2.05, 4.69) is 26.3 Å². The molecule has 17 heavy (non-hydrogen) atoms. The molecule has 0 saturated heterocycles. The summed E-state index contributed by atoms with van der Waals surface area (Å²) in [6.45, 7) is 3.84. The molecule has 0 spiro atoms. The van der Waals surface area contributed by atoms with E-state index in [1.165, 1.54) is 7.11 Å². The summed E-state index contributed by atoms with van der Waals surface area (Å²) in [7, 11) is 3.15. The summed E-state index contributed by atoms with van der Waals surface area (Å²) in [5.41, 5.74) is -0.702. The van der Waals surface area contributed by atoms with E-state index in [0.717, 1.165) is 4.47 Å². The molecular weight excluding hydrogens is 286 g/mol. The normalized spacial score (nSPS) is 16.3. The Morgan fingerprint density at radius 2 is 2.41 bits per heavy atom. The van der Waals surface area contributed by atoms with Gasteiger partial charge in [0, 0.05) is 6.20 Å². The van der Waals surface area contributed by atoms with Gasteiger partial charge in [0.25, 0.3) is 0 Å². The standard InChI is InChI=1S/C11H18BrN3O2/c1-8(15-7-9(12)6-14-15)5-11(2,13-3)10(16)17-4/h6-8,13H,5H2,1-4H3. The van der Waals surface area contributed by atoms with Gasteiger partial charge in [-0.3, -0.25) is 9.48 Å². The molecule has 2 atom stereocenters. The molecule has 96 valence electrons. The van der Waals surface area contributed by atoms with Crippen molar-refractivity contribution in [3.05, 3.63) is 16.9 Å². The highest BCUT2D eigenvalue weighted by atomic mass is 79.9. The third-order valence-corrected chi connectivity index (χ3v) is 3.32. The van der Waals surface area contributed by atoms with Crippen molar-refractivity contribution < 1.29 is 9.53 Å². The van der Waals surface area contributed by atoms with Crippen LogP contribution in [-0.2, 0) is 9.53 Å². The van der Waals surface area contributed by atoms with Crippen molar-refractivity contribution in [3.63, 3.8) is 0 Å². The lowest BCUT2D eigenvalue weighted by Crippen LogP contribution is -2.49. The smallest absolute Gasteiger partial charge is 0.325 e. The zero-order chi connectivity index (χ0) is 13.1. The number of aromatic nitrogens is 2. The Morgan fingerprint density at radius 3 is 2.82 bits per heavy atom. The Kier molecular flexibility index (Phi) is 4.70. The van der Waals surface area contributed by atoms with Gasteiger partial charge in [0.15, 0.2) is 0 Å². The fourth-order valence-electron chi connectivity index (χ4n) is 1.75. The summed E-state index contributed by atoms with van der Waals surface area (Å²) in [5.74, 6) is -0.266. The van der Waals surface area contributed by atoms with Crippen molar-refractivity contribution in [2.75, 3.05) is 14.2 Å². The van der Waals surface area contributed by atoms with E-state index in [4.69, 9.17) is 4.74 Å². The van der Waals surface area contributed by atoms with Crippen LogP contribution < -0.4 is 5.32 Å². The summed E-state index contributed by atoms with van der Waals surface area (Å²) in [5, 5.41) is 7.22. The number of likely N-dealkylation sites (N-methyl/N-ethyl adjacent to an activating group) is 1. The maximum absolute atomic E-state index is 11.7. The first-order valence-corrected chi connectivity index (χ1v) is 6.19. The first-order valence-electron chi connectivity index (χ1n) is 5.40. The van der Waals surface area contributed by atoms with Crippen molar-refractivity contribution in [3.8, 4) is 0 Å². The van der Waals surface area contributed by atoms with Gasteiger partial charge in [0.1, 0.15) is 5.54 Å². The number of halogens is 1. The number of nitrogens with zero attached hydrogens (tertiary/aromatic N) is 2. The van der Waals surface area contributed by atoms with Crippen LogP contribution in [0.4, 0.5) is 0 Å².